The molecule has 0 atom stereocenters. The van der Waals surface area contributed by atoms with Gasteiger partial charge in [0, 0.05) is 17.2 Å². The molecule has 0 radical (unpaired) electrons. The molecule has 0 heterocycles. The van der Waals surface area contributed by atoms with Gasteiger partial charge in [0.2, 0.25) is 0 Å². The molecule has 2 aromatic rings. The molecular weight excluding hydrogens is 355 g/mol. The Kier molecular flexibility index (Phi) is 5.39. The molecule has 26 heavy (non-hydrogen) atoms. The standard InChI is InChI=1S/C17H12F3NO5/c1-10-13(6-3-7-14(10)21(24)25)16(23)26-9-15(22)11-4-2-5-12(8-11)17(18,19)20/h2-8H,9H2,1H3. The van der Waals surface area contributed by atoms with Gasteiger partial charge in [-0.2, -0.15) is 13.2 Å². The lowest BCUT2D eigenvalue weighted by Crippen LogP contribution is -2.16. The number of ketones is 1. The van der Waals surface area contributed by atoms with Crippen molar-refractivity contribution in [3.05, 3.63) is 74.8 Å². The van der Waals surface area contributed by atoms with E-state index in [0.717, 1.165) is 12.1 Å². The first-order valence-electron chi connectivity index (χ1n) is 7.23. The van der Waals surface area contributed by atoms with E-state index in [0.29, 0.717) is 6.07 Å². The SMILES string of the molecule is Cc1c(C(=O)OCC(=O)c2cccc(C(F)(F)F)c2)cccc1[N+](=O)[O-]. The molecule has 0 aromatic heterocycles. The molecule has 0 saturated heterocycles. The fraction of sp³-hybridized carbons (Fsp3) is 0.176. The van der Waals surface area contributed by atoms with Crippen molar-refractivity contribution in [3.8, 4) is 0 Å². The number of rotatable bonds is 5. The fourth-order valence-corrected chi connectivity index (χ4v) is 2.20. The van der Waals surface area contributed by atoms with Gasteiger partial charge < -0.3 is 4.74 Å². The topological polar surface area (TPSA) is 86.5 Å². The van der Waals surface area contributed by atoms with Crippen LogP contribution in [-0.4, -0.2) is 23.3 Å². The number of esters is 1. The number of halogens is 3. The zero-order valence-electron chi connectivity index (χ0n) is 13.4. The Balaban J connectivity index is 2.12. The number of benzene rings is 2. The quantitative estimate of drug-likeness (QED) is 0.345. The van der Waals surface area contributed by atoms with E-state index >= 15 is 0 Å². The second kappa shape index (κ2) is 7.34. The smallest absolute Gasteiger partial charge is 0.416 e. The monoisotopic (exact) mass is 367 g/mol. The number of hydrogen-bond donors (Lipinski definition) is 0. The molecule has 2 aromatic carbocycles. The van der Waals surface area contributed by atoms with Crippen LogP contribution >= 0.6 is 0 Å². The highest BCUT2D eigenvalue weighted by molar-refractivity contribution is 6.00. The van der Waals surface area contributed by atoms with Crippen LogP contribution in [0.3, 0.4) is 0 Å². The average molecular weight is 367 g/mol. The van der Waals surface area contributed by atoms with E-state index in [1.165, 1.54) is 31.2 Å². The van der Waals surface area contributed by atoms with Crippen LogP contribution in [0, 0.1) is 17.0 Å². The highest BCUT2D eigenvalue weighted by atomic mass is 19.4. The highest BCUT2D eigenvalue weighted by Crippen LogP contribution is 2.29. The number of hydrogen-bond acceptors (Lipinski definition) is 5. The summed E-state index contributed by atoms with van der Waals surface area (Å²) >= 11 is 0. The first-order valence-corrected chi connectivity index (χ1v) is 7.23. The van der Waals surface area contributed by atoms with Gasteiger partial charge in [0.05, 0.1) is 16.1 Å². The molecule has 136 valence electrons. The molecule has 0 bridgehead atoms. The molecule has 0 saturated carbocycles. The van der Waals surface area contributed by atoms with Gasteiger partial charge in [-0.15, -0.1) is 0 Å². The summed E-state index contributed by atoms with van der Waals surface area (Å²) in [6.07, 6.45) is -4.60. The number of ether oxygens (including phenoxy) is 1. The van der Waals surface area contributed by atoms with Crippen LogP contribution in [0.5, 0.6) is 0 Å². The van der Waals surface area contributed by atoms with E-state index in [4.69, 9.17) is 4.74 Å². The van der Waals surface area contributed by atoms with Crippen molar-refractivity contribution in [2.75, 3.05) is 6.61 Å². The van der Waals surface area contributed by atoms with Crippen molar-refractivity contribution in [1.82, 2.24) is 0 Å². The normalized spacial score (nSPS) is 11.1. The van der Waals surface area contributed by atoms with Gasteiger partial charge in [0.15, 0.2) is 12.4 Å². The van der Waals surface area contributed by atoms with E-state index in [1.54, 1.807) is 0 Å². The Morgan fingerprint density at radius 3 is 2.42 bits per heavy atom. The molecule has 2 rings (SSSR count). The van der Waals surface area contributed by atoms with Crippen LogP contribution in [0.4, 0.5) is 18.9 Å². The van der Waals surface area contributed by atoms with E-state index in [-0.39, 0.29) is 22.4 Å². The van der Waals surface area contributed by atoms with Crippen molar-refractivity contribution in [1.29, 1.82) is 0 Å². The maximum Gasteiger partial charge on any atom is 0.416 e. The van der Waals surface area contributed by atoms with Gasteiger partial charge >= 0.3 is 12.1 Å². The Labute approximate surface area is 145 Å². The molecule has 0 amide bonds. The van der Waals surface area contributed by atoms with Crippen LogP contribution in [0.2, 0.25) is 0 Å². The van der Waals surface area contributed by atoms with Crippen LogP contribution < -0.4 is 0 Å². The molecular formula is C17H12F3NO5. The van der Waals surface area contributed by atoms with E-state index in [2.05, 4.69) is 0 Å². The van der Waals surface area contributed by atoms with Gasteiger partial charge in [0.1, 0.15) is 0 Å². The second-order valence-corrected chi connectivity index (χ2v) is 5.28. The Morgan fingerprint density at radius 2 is 1.81 bits per heavy atom. The maximum absolute atomic E-state index is 12.7. The van der Waals surface area contributed by atoms with Crippen molar-refractivity contribution in [3.63, 3.8) is 0 Å². The summed E-state index contributed by atoms with van der Waals surface area (Å²) < 4.78 is 42.8. The number of nitro groups is 1. The van der Waals surface area contributed by atoms with E-state index in [1.807, 2.05) is 0 Å². The van der Waals surface area contributed by atoms with E-state index in [9.17, 15) is 32.9 Å². The lowest BCUT2D eigenvalue weighted by atomic mass is 10.1. The molecule has 9 heteroatoms. The molecule has 0 N–H and O–H groups in total. The summed E-state index contributed by atoms with van der Waals surface area (Å²) in [6, 6.07) is 7.51. The van der Waals surface area contributed by atoms with Gasteiger partial charge in [-0.1, -0.05) is 18.2 Å². The number of Topliss-reactive ketones (excluding diaryl/α,β-unsaturated/α-hetero) is 1. The Hall–Kier alpha value is -3.23. The first-order chi connectivity index (χ1) is 12.1. The Morgan fingerprint density at radius 1 is 1.15 bits per heavy atom. The molecule has 6 nitrogen and oxygen atoms in total. The lowest BCUT2D eigenvalue weighted by Gasteiger charge is -2.09. The van der Waals surface area contributed by atoms with Crippen LogP contribution in [-0.2, 0) is 10.9 Å². The van der Waals surface area contributed by atoms with Crippen LogP contribution in [0.1, 0.15) is 31.8 Å². The average Bonchev–Trinajstić information content (AvgIpc) is 2.58. The molecule has 0 aliphatic rings. The van der Waals surface area contributed by atoms with Gasteiger partial charge in [-0.05, 0) is 25.1 Å². The highest BCUT2D eigenvalue weighted by Gasteiger charge is 2.31. The summed E-state index contributed by atoms with van der Waals surface area (Å²) in [7, 11) is 0. The number of carbonyl (C=O) groups excluding carboxylic acids is 2. The summed E-state index contributed by atoms with van der Waals surface area (Å²) in [6.45, 7) is 0.561. The zero-order chi connectivity index (χ0) is 19.5. The summed E-state index contributed by atoms with van der Waals surface area (Å²) in [5.74, 6) is -1.81. The van der Waals surface area contributed by atoms with Crippen LogP contribution in [0.15, 0.2) is 42.5 Å². The lowest BCUT2D eigenvalue weighted by molar-refractivity contribution is -0.385. The fourth-order valence-electron chi connectivity index (χ4n) is 2.20. The van der Waals surface area contributed by atoms with Crippen molar-refractivity contribution < 1.29 is 32.4 Å². The third kappa shape index (κ3) is 4.24. The molecule has 0 fully saturated rings. The zero-order valence-corrected chi connectivity index (χ0v) is 13.4. The number of alkyl halides is 3. The van der Waals surface area contributed by atoms with Gasteiger partial charge in [-0.25, -0.2) is 4.79 Å². The predicted molar refractivity (Wildman–Crippen MR) is 83.9 cm³/mol. The number of carbonyl (C=O) groups is 2. The molecule has 0 unspecified atom stereocenters. The number of nitrogens with zero attached hydrogens (tertiary/aromatic N) is 1. The summed E-state index contributed by atoms with van der Waals surface area (Å²) in [5, 5.41) is 10.9. The maximum atomic E-state index is 12.7. The summed E-state index contributed by atoms with van der Waals surface area (Å²) in [5.41, 5.74) is -1.58. The molecule has 0 aliphatic carbocycles. The predicted octanol–water partition coefficient (Wildman–Crippen LogP) is 3.96. The van der Waals surface area contributed by atoms with E-state index < -0.39 is 35.0 Å². The third-order valence-corrected chi connectivity index (χ3v) is 3.57. The van der Waals surface area contributed by atoms with Crippen LogP contribution in [0.25, 0.3) is 0 Å². The molecule has 0 aliphatic heterocycles. The largest absolute Gasteiger partial charge is 0.454 e. The Bertz CT molecular complexity index is 877. The first kappa shape index (κ1) is 19.1. The molecule has 0 spiro atoms. The minimum Gasteiger partial charge on any atom is -0.454 e. The summed E-state index contributed by atoms with van der Waals surface area (Å²) in [4.78, 5) is 34.2. The van der Waals surface area contributed by atoms with Gasteiger partial charge in [0.25, 0.3) is 5.69 Å². The minimum atomic E-state index is -4.60. The minimum absolute atomic E-state index is 0.0639. The second-order valence-electron chi connectivity index (χ2n) is 5.28. The number of nitro benzene ring substituents is 1. The van der Waals surface area contributed by atoms with Gasteiger partial charge in [-0.3, -0.25) is 14.9 Å². The van der Waals surface area contributed by atoms with Crippen molar-refractivity contribution in [2.45, 2.75) is 13.1 Å². The third-order valence-electron chi connectivity index (χ3n) is 3.57. The van der Waals surface area contributed by atoms with Crippen molar-refractivity contribution in [2.24, 2.45) is 0 Å². The van der Waals surface area contributed by atoms with Crippen molar-refractivity contribution >= 4 is 17.4 Å².